The quantitative estimate of drug-likeness (QED) is 0.144. The number of ketones is 1. The average Bonchev–Trinajstić information content (AvgIpc) is 2.71. The average molecular weight is 429 g/mol. The third-order valence-corrected chi connectivity index (χ3v) is 4.99. The van der Waals surface area contributed by atoms with Crippen LogP contribution in [0.1, 0.15) is 32.6 Å². The maximum Gasteiger partial charge on any atom is 0.237 e. The maximum absolute atomic E-state index is 12.4. The highest BCUT2D eigenvalue weighted by Crippen LogP contribution is 2.22. The lowest BCUT2D eigenvalue weighted by molar-refractivity contribution is -0.125. The van der Waals surface area contributed by atoms with Crippen LogP contribution >= 0.6 is 0 Å². The molecule has 1 aliphatic carbocycles. The molecule has 0 aromatic heterocycles. The summed E-state index contributed by atoms with van der Waals surface area (Å²) in [4.78, 5) is 45.8. The summed E-state index contributed by atoms with van der Waals surface area (Å²) in [5.41, 5.74) is 0. The summed E-state index contributed by atoms with van der Waals surface area (Å²) in [7, 11) is 1.85. The Morgan fingerprint density at radius 3 is 1.93 bits per heavy atom. The molecule has 1 rings (SSSR count). The van der Waals surface area contributed by atoms with Gasteiger partial charge in [-0.1, -0.05) is 0 Å². The van der Waals surface area contributed by atoms with Crippen LogP contribution in [0.25, 0.3) is 0 Å². The van der Waals surface area contributed by atoms with Gasteiger partial charge in [0.15, 0.2) is 0 Å². The molecule has 1 amide bonds. The molecule has 30 heavy (non-hydrogen) atoms. The van der Waals surface area contributed by atoms with Crippen molar-refractivity contribution in [1.29, 1.82) is 0 Å². The van der Waals surface area contributed by atoms with Crippen molar-refractivity contribution in [3.8, 4) is 0 Å². The summed E-state index contributed by atoms with van der Waals surface area (Å²) in [5.74, 6) is -0.361. The molecule has 172 valence electrons. The largest absolute Gasteiger partial charge is 0.378 e. The van der Waals surface area contributed by atoms with Gasteiger partial charge in [-0.05, 0) is 26.8 Å². The monoisotopic (exact) mass is 428 g/mol. The van der Waals surface area contributed by atoms with Gasteiger partial charge in [0.05, 0.1) is 38.5 Å². The molecule has 4 atom stereocenters. The molecule has 10 nitrogen and oxygen atoms in total. The van der Waals surface area contributed by atoms with E-state index in [2.05, 4.69) is 21.3 Å². The van der Waals surface area contributed by atoms with Gasteiger partial charge in [0.25, 0.3) is 0 Å². The number of carbonyl (C=O) groups is 4. The van der Waals surface area contributed by atoms with Gasteiger partial charge in [-0.2, -0.15) is 0 Å². The topological polar surface area (TPSA) is 135 Å². The molecule has 1 aliphatic rings. The number of rotatable bonds is 19. The number of amides is 1. The Hall–Kier alpha value is -1.72. The normalized spacial score (nSPS) is 20.1. The van der Waals surface area contributed by atoms with E-state index in [0.717, 1.165) is 25.7 Å². The summed E-state index contributed by atoms with van der Waals surface area (Å²) < 4.78 is 10.7. The molecule has 0 heterocycles. The standard InChI is InChI=1S/C20H36N4O6/c1-15(27)16(5-9-25)23-17-3-4-18(17)24-19(6-10-26)20(28)22-8-12-30-14-13-29-11-7-21-2/h9-10,16-19,21,23-24H,3-8,11-14H2,1-2H3,(H,22,28)/t16-,17?,18?,19-/m0/s1. The van der Waals surface area contributed by atoms with E-state index in [9.17, 15) is 19.2 Å². The Balaban J connectivity index is 2.31. The molecule has 0 aromatic rings. The highest BCUT2D eigenvalue weighted by Gasteiger charge is 2.35. The Kier molecular flexibility index (Phi) is 14.1. The van der Waals surface area contributed by atoms with E-state index >= 15 is 0 Å². The van der Waals surface area contributed by atoms with Crippen LogP contribution < -0.4 is 21.3 Å². The van der Waals surface area contributed by atoms with Gasteiger partial charge in [0, 0.05) is 38.0 Å². The van der Waals surface area contributed by atoms with Crippen molar-refractivity contribution in [2.45, 2.75) is 56.8 Å². The van der Waals surface area contributed by atoms with Gasteiger partial charge in [0.2, 0.25) is 5.91 Å². The van der Waals surface area contributed by atoms with Gasteiger partial charge >= 0.3 is 0 Å². The van der Waals surface area contributed by atoms with E-state index in [1.54, 1.807) is 0 Å². The number of aldehydes is 2. The first kappa shape index (κ1) is 26.3. The zero-order valence-corrected chi connectivity index (χ0v) is 18.0. The first-order chi connectivity index (χ1) is 14.5. The third-order valence-electron chi connectivity index (χ3n) is 4.99. The summed E-state index contributed by atoms with van der Waals surface area (Å²) in [6, 6.07) is -1.23. The third kappa shape index (κ3) is 10.4. The molecular formula is C20H36N4O6. The maximum atomic E-state index is 12.4. The second-order valence-electron chi connectivity index (χ2n) is 7.26. The molecule has 0 aliphatic heterocycles. The number of Topliss-reactive ketones (excluding diaryl/α,β-unsaturated/α-hetero) is 1. The van der Waals surface area contributed by atoms with Crippen LogP contribution in [0.15, 0.2) is 0 Å². The highest BCUT2D eigenvalue weighted by atomic mass is 16.5. The molecule has 0 radical (unpaired) electrons. The minimum absolute atomic E-state index is 0.0213. The first-order valence-corrected chi connectivity index (χ1v) is 10.5. The van der Waals surface area contributed by atoms with Gasteiger partial charge in [-0.3, -0.25) is 9.59 Å². The fourth-order valence-electron chi connectivity index (χ4n) is 3.08. The van der Waals surface area contributed by atoms with Crippen LogP contribution in [0.2, 0.25) is 0 Å². The Labute approximate surface area is 178 Å². The predicted octanol–water partition coefficient (Wildman–Crippen LogP) is -1.43. The van der Waals surface area contributed by atoms with E-state index in [1.165, 1.54) is 6.92 Å². The van der Waals surface area contributed by atoms with E-state index in [1.807, 2.05) is 7.05 Å². The van der Waals surface area contributed by atoms with Crippen LogP contribution in [-0.4, -0.2) is 95.0 Å². The van der Waals surface area contributed by atoms with Crippen LogP contribution in [-0.2, 0) is 28.7 Å². The summed E-state index contributed by atoms with van der Waals surface area (Å²) in [5, 5.41) is 12.1. The lowest BCUT2D eigenvalue weighted by Gasteiger charge is -2.41. The fourth-order valence-corrected chi connectivity index (χ4v) is 3.08. The van der Waals surface area contributed by atoms with Crippen molar-refractivity contribution >= 4 is 24.3 Å². The molecule has 0 aromatic carbocycles. The number of hydrogen-bond acceptors (Lipinski definition) is 9. The van der Waals surface area contributed by atoms with Crippen LogP contribution in [0.3, 0.4) is 0 Å². The van der Waals surface area contributed by atoms with Crippen molar-refractivity contribution in [1.82, 2.24) is 21.3 Å². The minimum atomic E-state index is -0.649. The van der Waals surface area contributed by atoms with E-state index < -0.39 is 12.1 Å². The van der Waals surface area contributed by atoms with Crippen molar-refractivity contribution in [3.05, 3.63) is 0 Å². The number of likely N-dealkylation sites (N-methyl/N-ethyl adjacent to an activating group) is 1. The first-order valence-electron chi connectivity index (χ1n) is 10.5. The number of carbonyl (C=O) groups excluding carboxylic acids is 4. The molecule has 4 N–H and O–H groups in total. The lowest BCUT2D eigenvalue weighted by Crippen LogP contribution is -2.62. The number of nitrogens with one attached hydrogen (secondary N) is 4. The minimum Gasteiger partial charge on any atom is -0.378 e. The molecule has 0 spiro atoms. The summed E-state index contributed by atoms with van der Waals surface area (Å²) in [6.45, 7) is 4.48. The van der Waals surface area contributed by atoms with Gasteiger partial charge in [-0.15, -0.1) is 0 Å². The Morgan fingerprint density at radius 1 is 0.900 bits per heavy atom. The van der Waals surface area contributed by atoms with Gasteiger partial charge < -0.3 is 40.3 Å². The molecule has 0 saturated heterocycles. The van der Waals surface area contributed by atoms with E-state index in [-0.39, 0.29) is 36.6 Å². The van der Waals surface area contributed by atoms with Crippen LogP contribution in [0, 0.1) is 0 Å². The smallest absolute Gasteiger partial charge is 0.237 e. The SMILES string of the molecule is CNCCOCCOCCNC(=O)[C@H](CC=O)NC1CCC1N[C@@H](CC=O)C(C)=O. The summed E-state index contributed by atoms with van der Waals surface area (Å²) >= 11 is 0. The molecule has 10 heteroatoms. The van der Waals surface area contributed by atoms with Crippen LogP contribution in [0.5, 0.6) is 0 Å². The van der Waals surface area contributed by atoms with Crippen molar-refractivity contribution in [2.24, 2.45) is 0 Å². The molecule has 1 saturated carbocycles. The second kappa shape index (κ2) is 16.0. The Morgan fingerprint density at radius 2 is 1.43 bits per heavy atom. The van der Waals surface area contributed by atoms with Crippen molar-refractivity contribution in [3.63, 3.8) is 0 Å². The zero-order valence-electron chi connectivity index (χ0n) is 18.0. The number of ether oxygens (including phenoxy) is 2. The summed E-state index contributed by atoms with van der Waals surface area (Å²) in [6.07, 6.45) is 3.27. The van der Waals surface area contributed by atoms with E-state index in [0.29, 0.717) is 39.3 Å². The lowest BCUT2D eigenvalue weighted by atomic mass is 9.84. The zero-order chi connectivity index (χ0) is 22.2. The predicted molar refractivity (Wildman–Crippen MR) is 111 cm³/mol. The second-order valence-corrected chi connectivity index (χ2v) is 7.26. The van der Waals surface area contributed by atoms with Crippen molar-refractivity contribution in [2.75, 3.05) is 46.6 Å². The van der Waals surface area contributed by atoms with Crippen molar-refractivity contribution < 1.29 is 28.7 Å². The molecule has 0 bridgehead atoms. The van der Waals surface area contributed by atoms with Gasteiger partial charge in [-0.25, -0.2) is 0 Å². The molecule has 2 unspecified atom stereocenters. The fraction of sp³-hybridized carbons (Fsp3) is 0.800. The van der Waals surface area contributed by atoms with Gasteiger partial charge in [0.1, 0.15) is 18.4 Å². The number of hydrogen-bond donors (Lipinski definition) is 4. The molecule has 1 fully saturated rings. The highest BCUT2D eigenvalue weighted by molar-refractivity contribution is 5.84. The molecular weight excluding hydrogens is 392 g/mol. The van der Waals surface area contributed by atoms with E-state index in [4.69, 9.17) is 9.47 Å². The Bertz CT molecular complexity index is 533. The van der Waals surface area contributed by atoms with Crippen LogP contribution in [0.4, 0.5) is 0 Å².